The first-order valence-corrected chi connectivity index (χ1v) is 2.64. The van der Waals surface area contributed by atoms with Crippen molar-refractivity contribution in [1.29, 1.82) is 0 Å². The first-order valence-electron chi connectivity index (χ1n) is 2.64. The molecule has 0 saturated heterocycles. The molecule has 0 radical (unpaired) electrons. The van der Waals surface area contributed by atoms with Crippen molar-refractivity contribution in [3.8, 4) is 0 Å². The number of esters is 1. The molecule has 0 aliphatic heterocycles. The Morgan fingerprint density at radius 1 is 1.60 bits per heavy atom. The van der Waals surface area contributed by atoms with Crippen molar-refractivity contribution in [1.82, 2.24) is 0 Å². The highest BCUT2D eigenvalue weighted by atomic mass is 16.7. The second kappa shape index (κ2) is 6.47. The van der Waals surface area contributed by atoms with Gasteiger partial charge in [0, 0.05) is 7.11 Å². The summed E-state index contributed by atoms with van der Waals surface area (Å²) in [6.07, 6.45) is 0. The summed E-state index contributed by atoms with van der Waals surface area (Å²) < 4.78 is 13.2. The molecule has 0 aromatic carbocycles. The minimum atomic E-state index is -0.616. The van der Waals surface area contributed by atoms with Crippen LogP contribution in [0.2, 0.25) is 0 Å². The van der Waals surface area contributed by atoms with Gasteiger partial charge in [0.2, 0.25) is 0 Å². The number of aliphatic hydroxyl groups excluding tert-OH is 1. The zero-order chi connectivity index (χ0) is 7.82. The molecule has 0 saturated carbocycles. The summed E-state index contributed by atoms with van der Waals surface area (Å²) in [6.45, 7) is -0.774. The number of carbonyl (C=O) groups excluding carboxylic acids is 1. The Morgan fingerprint density at radius 2 is 2.30 bits per heavy atom. The highest BCUT2D eigenvalue weighted by Gasteiger charge is 1.99. The van der Waals surface area contributed by atoms with Crippen LogP contribution < -0.4 is 0 Å². The predicted octanol–water partition coefficient (Wildman–Crippen LogP) is -0.900. The fraction of sp³-hybridized carbons (Fsp3) is 0.800. The van der Waals surface area contributed by atoms with Gasteiger partial charge in [-0.25, -0.2) is 4.79 Å². The molecule has 10 heavy (non-hydrogen) atoms. The molecule has 0 heterocycles. The number of aliphatic hydroxyl groups is 1. The number of hydrogen-bond donors (Lipinski definition) is 1. The van der Waals surface area contributed by atoms with Crippen LogP contribution in [-0.4, -0.2) is 38.4 Å². The molecule has 5 nitrogen and oxygen atoms in total. The summed E-state index contributed by atoms with van der Waals surface area (Å²) in [6, 6.07) is 0. The van der Waals surface area contributed by atoms with E-state index >= 15 is 0 Å². The molecule has 0 rings (SSSR count). The van der Waals surface area contributed by atoms with Crippen molar-refractivity contribution in [2.45, 2.75) is 0 Å². The minimum Gasteiger partial charge on any atom is -0.437 e. The van der Waals surface area contributed by atoms with Crippen LogP contribution in [0.15, 0.2) is 0 Å². The van der Waals surface area contributed by atoms with Crippen molar-refractivity contribution in [2.24, 2.45) is 0 Å². The Morgan fingerprint density at radius 3 is 2.80 bits per heavy atom. The predicted molar refractivity (Wildman–Crippen MR) is 31.0 cm³/mol. The van der Waals surface area contributed by atoms with Crippen molar-refractivity contribution in [2.75, 3.05) is 27.3 Å². The van der Waals surface area contributed by atoms with Crippen molar-refractivity contribution < 1.29 is 24.1 Å². The summed E-state index contributed by atoms with van der Waals surface area (Å²) in [5, 5.41) is 8.06. The summed E-state index contributed by atoms with van der Waals surface area (Å²) in [4.78, 5) is 10.4. The van der Waals surface area contributed by atoms with E-state index in [4.69, 9.17) is 5.11 Å². The first kappa shape index (κ1) is 9.35. The first-order chi connectivity index (χ1) is 4.81. The molecule has 0 aromatic heterocycles. The SMILES string of the molecule is COCOCC(=O)OCO. The van der Waals surface area contributed by atoms with Crippen LogP contribution in [0.5, 0.6) is 0 Å². The fourth-order valence-corrected chi connectivity index (χ4v) is 0.322. The zero-order valence-electron chi connectivity index (χ0n) is 5.70. The molecule has 1 N–H and O–H groups in total. The number of hydrogen-bond acceptors (Lipinski definition) is 5. The summed E-state index contributed by atoms with van der Waals surface area (Å²) in [5.74, 6) is -0.612. The zero-order valence-corrected chi connectivity index (χ0v) is 5.70. The van der Waals surface area contributed by atoms with E-state index in [0.717, 1.165) is 0 Å². The summed E-state index contributed by atoms with van der Waals surface area (Å²) in [7, 11) is 1.44. The molecular weight excluding hydrogens is 140 g/mol. The normalized spacial score (nSPS) is 9.40. The third-order valence-electron chi connectivity index (χ3n) is 0.647. The average Bonchev–Trinajstić information content (AvgIpc) is 1.89. The number of methoxy groups -OCH3 is 1. The summed E-state index contributed by atoms with van der Waals surface area (Å²) in [5.41, 5.74) is 0. The number of rotatable bonds is 5. The van der Waals surface area contributed by atoms with Crippen LogP contribution in [0, 0.1) is 0 Å². The third-order valence-corrected chi connectivity index (χ3v) is 0.647. The van der Waals surface area contributed by atoms with E-state index < -0.39 is 12.8 Å². The monoisotopic (exact) mass is 150 g/mol. The van der Waals surface area contributed by atoms with Gasteiger partial charge in [0.15, 0.2) is 6.79 Å². The molecule has 0 fully saturated rings. The van der Waals surface area contributed by atoms with Crippen LogP contribution in [0.4, 0.5) is 0 Å². The van der Waals surface area contributed by atoms with Gasteiger partial charge in [0.1, 0.15) is 13.4 Å². The van der Waals surface area contributed by atoms with E-state index in [1.807, 2.05) is 0 Å². The van der Waals surface area contributed by atoms with Gasteiger partial charge in [-0.15, -0.1) is 0 Å². The van der Waals surface area contributed by atoms with Crippen LogP contribution in [0.1, 0.15) is 0 Å². The average molecular weight is 150 g/mol. The maximum atomic E-state index is 10.4. The Bertz CT molecular complexity index is 92.0. The largest absolute Gasteiger partial charge is 0.437 e. The van der Waals surface area contributed by atoms with Gasteiger partial charge in [-0.2, -0.15) is 0 Å². The van der Waals surface area contributed by atoms with E-state index in [0.29, 0.717) is 0 Å². The lowest BCUT2D eigenvalue weighted by Gasteiger charge is -2.00. The molecule has 0 spiro atoms. The highest BCUT2D eigenvalue weighted by molar-refractivity contribution is 5.70. The maximum Gasteiger partial charge on any atom is 0.334 e. The van der Waals surface area contributed by atoms with E-state index in [9.17, 15) is 4.79 Å². The number of carbonyl (C=O) groups is 1. The lowest BCUT2D eigenvalue weighted by Crippen LogP contribution is -2.13. The molecule has 0 aromatic rings. The molecule has 0 bridgehead atoms. The van der Waals surface area contributed by atoms with Gasteiger partial charge >= 0.3 is 5.97 Å². The quantitative estimate of drug-likeness (QED) is 0.312. The molecule has 5 heteroatoms. The van der Waals surface area contributed by atoms with Crippen molar-refractivity contribution in [3.05, 3.63) is 0 Å². The molecule has 0 aliphatic rings. The van der Waals surface area contributed by atoms with Gasteiger partial charge in [0.25, 0.3) is 0 Å². The Hall–Kier alpha value is -0.650. The lowest BCUT2D eigenvalue weighted by molar-refractivity contribution is -0.161. The topological polar surface area (TPSA) is 65.0 Å². The molecule has 0 unspecified atom stereocenters. The van der Waals surface area contributed by atoms with Crippen molar-refractivity contribution >= 4 is 5.97 Å². The minimum absolute atomic E-state index is 0.0422. The van der Waals surface area contributed by atoms with Crippen LogP contribution in [0.25, 0.3) is 0 Å². The van der Waals surface area contributed by atoms with Crippen molar-refractivity contribution in [3.63, 3.8) is 0 Å². The third kappa shape index (κ3) is 5.49. The summed E-state index contributed by atoms with van der Waals surface area (Å²) >= 11 is 0. The van der Waals surface area contributed by atoms with Gasteiger partial charge in [0.05, 0.1) is 0 Å². The van der Waals surface area contributed by atoms with Gasteiger partial charge < -0.3 is 19.3 Å². The van der Waals surface area contributed by atoms with E-state index in [1.165, 1.54) is 7.11 Å². The Balaban J connectivity index is 3.05. The molecule has 60 valence electrons. The standard InChI is InChI=1S/C5H10O5/c1-8-4-9-2-5(7)10-3-6/h6H,2-4H2,1H3. The lowest BCUT2D eigenvalue weighted by atomic mass is 10.7. The van der Waals surface area contributed by atoms with E-state index in [1.54, 1.807) is 0 Å². The van der Waals surface area contributed by atoms with Crippen LogP contribution >= 0.6 is 0 Å². The van der Waals surface area contributed by atoms with Gasteiger partial charge in [-0.1, -0.05) is 0 Å². The van der Waals surface area contributed by atoms with Crippen LogP contribution in [-0.2, 0) is 19.0 Å². The maximum absolute atomic E-state index is 10.4. The Labute approximate surface area is 58.5 Å². The van der Waals surface area contributed by atoms with Gasteiger partial charge in [-0.3, -0.25) is 0 Å². The second-order valence-electron chi connectivity index (χ2n) is 1.40. The van der Waals surface area contributed by atoms with Gasteiger partial charge in [-0.05, 0) is 0 Å². The van der Waals surface area contributed by atoms with Crippen LogP contribution in [0.3, 0.4) is 0 Å². The smallest absolute Gasteiger partial charge is 0.334 e. The fourth-order valence-electron chi connectivity index (χ4n) is 0.322. The highest BCUT2D eigenvalue weighted by Crippen LogP contribution is 1.79. The Kier molecular flexibility index (Phi) is 6.05. The molecular formula is C5H10O5. The molecule has 0 atom stereocenters. The molecule has 0 aliphatic carbocycles. The molecule has 0 amide bonds. The van der Waals surface area contributed by atoms with E-state index in [2.05, 4.69) is 14.2 Å². The van der Waals surface area contributed by atoms with E-state index in [-0.39, 0.29) is 13.4 Å². The number of ether oxygens (including phenoxy) is 3. The second-order valence-corrected chi connectivity index (χ2v) is 1.40.